The second-order valence-corrected chi connectivity index (χ2v) is 4.32. The van der Waals surface area contributed by atoms with Crippen molar-refractivity contribution in [3.63, 3.8) is 0 Å². The Bertz CT molecular complexity index is 280. The molecule has 0 atom stereocenters. The zero-order chi connectivity index (χ0) is 11.4. The van der Waals surface area contributed by atoms with Crippen molar-refractivity contribution in [3.8, 4) is 0 Å². The molecule has 0 N–H and O–H groups in total. The molecule has 0 spiro atoms. The van der Waals surface area contributed by atoms with Crippen LogP contribution in [0.3, 0.4) is 0 Å². The van der Waals surface area contributed by atoms with Crippen LogP contribution in [-0.2, 0) is 4.57 Å². The number of hydrogen-bond donors (Lipinski definition) is 0. The van der Waals surface area contributed by atoms with Gasteiger partial charge in [0.25, 0.3) is 18.2 Å². The summed E-state index contributed by atoms with van der Waals surface area (Å²) in [6.45, 7) is 0. The zero-order valence-electron chi connectivity index (χ0n) is 6.36. The molecule has 0 saturated heterocycles. The Hall–Kier alpha value is -0.970. The molecule has 0 aromatic heterocycles. The number of hydrogen-bond acceptors (Lipinski definition) is 1. The second kappa shape index (κ2) is 5.05. The topological polar surface area (TPSA) is 17.1 Å². The number of rotatable bonds is 3. The summed E-state index contributed by atoms with van der Waals surface area (Å²) in [6.07, 6.45) is -7.70. The molecule has 0 aromatic carbocycles. The summed E-state index contributed by atoms with van der Waals surface area (Å²) < 4.78 is 80.4. The van der Waals surface area contributed by atoms with Gasteiger partial charge in [-0.25, -0.2) is 0 Å². The highest BCUT2D eigenvalue weighted by Gasteiger charge is 2.19. The van der Waals surface area contributed by atoms with Crippen LogP contribution in [0, 0.1) is 0 Å². The van der Waals surface area contributed by atoms with E-state index in [0.29, 0.717) is 0 Å². The molecule has 14 heavy (non-hydrogen) atoms. The lowest BCUT2D eigenvalue weighted by Gasteiger charge is -1.99. The molecule has 0 aliphatic carbocycles. The Balaban J connectivity index is 5.30. The molecule has 8 heteroatoms. The standard InChI is InChI=1S/C6H3F6OP/c7-4(8)1-14(13,2-5(9)10)3-6(11)12/h1-3H. The third-order valence-corrected chi connectivity index (χ3v) is 2.69. The number of halogens is 6. The summed E-state index contributed by atoms with van der Waals surface area (Å²) in [5, 5.41) is 0. The van der Waals surface area contributed by atoms with Crippen molar-refractivity contribution >= 4 is 7.14 Å². The molecule has 0 saturated carbocycles. The highest BCUT2D eigenvalue weighted by atomic mass is 31.2. The Morgan fingerprint density at radius 3 is 1.07 bits per heavy atom. The molecule has 0 radical (unpaired) electrons. The maximum atomic E-state index is 11.6. The van der Waals surface area contributed by atoms with E-state index in [1.807, 2.05) is 0 Å². The molecular formula is C6H3F6OP. The van der Waals surface area contributed by atoms with Gasteiger partial charge in [-0.3, -0.25) is 0 Å². The van der Waals surface area contributed by atoms with E-state index in [9.17, 15) is 30.9 Å². The molecule has 0 amide bonds. The molecule has 1 nitrogen and oxygen atoms in total. The van der Waals surface area contributed by atoms with E-state index < -0.39 is 42.8 Å². The monoisotopic (exact) mass is 236 g/mol. The first-order chi connectivity index (χ1) is 6.25. The van der Waals surface area contributed by atoms with Crippen LogP contribution in [-0.4, -0.2) is 0 Å². The van der Waals surface area contributed by atoms with Crippen LogP contribution in [0.15, 0.2) is 35.7 Å². The summed E-state index contributed by atoms with van der Waals surface area (Å²) in [7, 11) is -4.62. The summed E-state index contributed by atoms with van der Waals surface area (Å²) in [4.78, 5) is 0. The molecule has 0 aliphatic rings. The minimum Gasteiger partial charge on any atom is -0.310 e. The fraction of sp³-hybridized carbons (Fsp3) is 0. The molecule has 0 aromatic rings. The zero-order valence-corrected chi connectivity index (χ0v) is 7.25. The van der Waals surface area contributed by atoms with E-state index in [0.717, 1.165) is 0 Å². The van der Waals surface area contributed by atoms with Gasteiger partial charge in [0, 0.05) is 17.5 Å². The van der Waals surface area contributed by atoms with Crippen molar-refractivity contribution in [1.29, 1.82) is 0 Å². The first kappa shape index (κ1) is 13.0. The Morgan fingerprint density at radius 2 is 0.929 bits per heavy atom. The van der Waals surface area contributed by atoms with Gasteiger partial charge in [-0.1, -0.05) is 0 Å². The van der Waals surface area contributed by atoms with Crippen LogP contribution >= 0.6 is 7.14 Å². The van der Waals surface area contributed by atoms with Crippen molar-refractivity contribution in [2.24, 2.45) is 0 Å². The molecular weight excluding hydrogens is 233 g/mol. The maximum absolute atomic E-state index is 11.6. The normalized spacial score (nSPS) is 10.4. The van der Waals surface area contributed by atoms with Gasteiger partial charge in [0.05, 0.1) is 0 Å². The Kier molecular flexibility index (Phi) is 4.70. The van der Waals surface area contributed by atoms with Crippen LogP contribution in [0.5, 0.6) is 0 Å². The van der Waals surface area contributed by atoms with E-state index in [4.69, 9.17) is 0 Å². The van der Waals surface area contributed by atoms with Gasteiger partial charge in [0.2, 0.25) is 0 Å². The van der Waals surface area contributed by atoms with E-state index in [-0.39, 0.29) is 0 Å². The molecule has 0 rings (SSSR count). The lowest BCUT2D eigenvalue weighted by Crippen LogP contribution is -1.71. The van der Waals surface area contributed by atoms with Crippen LogP contribution in [0.25, 0.3) is 0 Å². The fourth-order valence-electron chi connectivity index (χ4n) is 0.569. The third-order valence-electron chi connectivity index (χ3n) is 0.898. The van der Waals surface area contributed by atoms with Crippen molar-refractivity contribution in [3.05, 3.63) is 35.7 Å². The minimum absolute atomic E-state index is 0.425. The van der Waals surface area contributed by atoms with Crippen LogP contribution in [0.4, 0.5) is 26.3 Å². The van der Waals surface area contributed by atoms with Gasteiger partial charge < -0.3 is 4.57 Å². The van der Waals surface area contributed by atoms with Gasteiger partial charge >= 0.3 is 0 Å². The highest BCUT2D eigenvalue weighted by Crippen LogP contribution is 2.54. The second-order valence-electron chi connectivity index (χ2n) is 2.02. The van der Waals surface area contributed by atoms with Crippen molar-refractivity contribution in [2.75, 3.05) is 0 Å². The predicted octanol–water partition coefficient (Wildman–Crippen LogP) is 4.56. The summed E-state index contributed by atoms with van der Waals surface area (Å²) in [6, 6.07) is 0. The van der Waals surface area contributed by atoms with Gasteiger partial charge in [-0.2, -0.15) is 26.3 Å². The van der Waals surface area contributed by atoms with Crippen LogP contribution in [0.1, 0.15) is 0 Å². The van der Waals surface area contributed by atoms with Crippen LogP contribution < -0.4 is 0 Å². The van der Waals surface area contributed by atoms with Crippen molar-refractivity contribution in [2.45, 2.75) is 0 Å². The summed E-state index contributed by atoms with van der Waals surface area (Å²) in [5.74, 6) is -1.28. The average molecular weight is 236 g/mol. The SMILES string of the molecule is O=P(C=C(F)F)(C=C(F)F)C=C(F)F. The summed E-state index contributed by atoms with van der Waals surface area (Å²) >= 11 is 0. The van der Waals surface area contributed by atoms with Crippen molar-refractivity contribution < 1.29 is 30.9 Å². The lowest BCUT2D eigenvalue weighted by molar-refractivity contribution is 0.420. The molecule has 80 valence electrons. The Morgan fingerprint density at radius 1 is 0.714 bits per heavy atom. The van der Waals surface area contributed by atoms with Gasteiger partial charge in [-0.05, 0) is 0 Å². The van der Waals surface area contributed by atoms with Gasteiger partial charge in [-0.15, -0.1) is 0 Å². The fourth-order valence-corrected chi connectivity index (χ4v) is 1.71. The van der Waals surface area contributed by atoms with E-state index >= 15 is 0 Å². The molecule has 0 aliphatic heterocycles. The molecule has 0 heterocycles. The first-order valence-corrected chi connectivity index (χ1v) is 4.87. The third kappa shape index (κ3) is 5.64. The lowest BCUT2D eigenvalue weighted by atomic mass is 11.1. The molecule has 0 unspecified atom stereocenters. The quantitative estimate of drug-likeness (QED) is 0.518. The van der Waals surface area contributed by atoms with Gasteiger partial charge in [0.1, 0.15) is 0 Å². The summed E-state index contributed by atoms with van der Waals surface area (Å²) in [5.41, 5.74) is 0. The van der Waals surface area contributed by atoms with Gasteiger partial charge in [0.15, 0.2) is 7.14 Å². The Labute approximate surface area is 74.8 Å². The molecule has 0 bridgehead atoms. The average Bonchev–Trinajstić information content (AvgIpc) is 1.76. The van der Waals surface area contributed by atoms with E-state index in [1.165, 1.54) is 0 Å². The molecule has 0 fully saturated rings. The smallest absolute Gasteiger partial charge is 0.274 e. The van der Waals surface area contributed by atoms with E-state index in [2.05, 4.69) is 0 Å². The maximum Gasteiger partial charge on any atom is 0.274 e. The highest BCUT2D eigenvalue weighted by molar-refractivity contribution is 7.73. The predicted molar refractivity (Wildman–Crippen MR) is 38.5 cm³/mol. The van der Waals surface area contributed by atoms with E-state index in [1.54, 1.807) is 0 Å². The first-order valence-electron chi connectivity index (χ1n) is 2.96. The van der Waals surface area contributed by atoms with Crippen LogP contribution in [0.2, 0.25) is 0 Å². The van der Waals surface area contributed by atoms with Crippen molar-refractivity contribution in [1.82, 2.24) is 0 Å². The minimum atomic E-state index is -4.62. The largest absolute Gasteiger partial charge is 0.310 e.